The van der Waals surface area contributed by atoms with Crippen LogP contribution in [0.3, 0.4) is 0 Å². The van der Waals surface area contributed by atoms with Crippen molar-refractivity contribution in [2.24, 2.45) is 0 Å². The Morgan fingerprint density at radius 2 is 1.94 bits per heavy atom. The lowest BCUT2D eigenvalue weighted by Crippen LogP contribution is -2.23. The van der Waals surface area contributed by atoms with Crippen LogP contribution in [0.5, 0.6) is 11.5 Å². The second-order valence-electron chi connectivity index (χ2n) is 7.22. The second kappa shape index (κ2) is 10.1. The maximum absolute atomic E-state index is 12.9. The lowest BCUT2D eigenvalue weighted by atomic mass is 10.2. The Kier molecular flexibility index (Phi) is 7.07. The summed E-state index contributed by atoms with van der Waals surface area (Å²) in [5.41, 5.74) is 1.34. The molecule has 8 heteroatoms. The summed E-state index contributed by atoms with van der Waals surface area (Å²) in [4.78, 5) is 17.9. The highest BCUT2D eigenvalue weighted by Gasteiger charge is 2.14. The predicted molar refractivity (Wildman–Crippen MR) is 129 cm³/mol. The summed E-state index contributed by atoms with van der Waals surface area (Å²) in [6.07, 6.45) is 5.11. The van der Waals surface area contributed by atoms with Crippen molar-refractivity contribution >= 4 is 34.0 Å². The van der Waals surface area contributed by atoms with Crippen molar-refractivity contribution in [2.45, 2.75) is 33.1 Å². The number of benzene rings is 2. The molecule has 0 aliphatic heterocycles. The quantitative estimate of drug-likeness (QED) is 0.323. The molecular formula is C24H24ClN3O3S. The number of hydrogen-bond donors (Lipinski definition) is 0. The Labute approximate surface area is 195 Å². The van der Waals surface area contributed by atoms with Gasteiger partial charge >= 0.3 is 0 Å². The topological polar surface area (TPSA) is 65.7 Å². The van der Waals surface area contributed by atoms with Crippen LogP contribution in [0, 0.1) is 0 Å². The van der Waals surface area contributed by atoms with E-state index >= 15 is 0 Å². The molecule has 4 aromatic rings. The van der Waals surface area contributed by atoms with Gasteiger partial charge in [0.2, 0.25) is 4.96 Å². The first-order valence-corrected chi connectivity index (χ1v) is 11.9. The van der Waals surface area contributed by atoms with Crippen LogP contribution in [0.2, 0.25) is 5.02 Å². The van der Waals surface area contributed by atoms with Gasteiger partial charge in [0, 0.05) is 5.56 Å². The van der Waals surface area contributed by atoms with Gasteiger partial charge in [-0.3, -0.25) is 4.79 Å². The van der Waals surface area contributed by atoms with E-state index in [-0.39, 0.29) is 5.56 Å². The van der Waals surface area contributed by atoms with Gasteiger partial charge in [0.1, 0.15) is 0 Å². The molecule has 0 fully saturated rings. The normalized spacial score (nSPS) is 11.9. The molecule has 0 spiro atoms. The fourth-order valence-electron chi connectivity index (χ4n) is 3.28. The van der Waals surface area contributed by atoms with E-state index in [1.807, 2.05) is 49.4 Å². The highest BCUT2D eigenvalue weighted by atomic mass is 35.5. The SMILES string of the molecule is CCCCCOc1ccc(C=c2sc3nc(-c4ccccc4Cl)nn3c2=O)cc1OCC. The number of nitrogens with zero attached hydrogens (tertiary/aromatic N) is 3. The Balaban J connectivity index is 1.64. The van der Waals surface area contributed by atoms with Crippen LogP contribution in [0.25, 0.3) is 22.4 Å². The van der Waals surface area contributed by atoms with E-state index < -0.39 is 0 Å². The largest absolute Gasteiger partial charge is 0.490 e. The van der Waals surface area contributed by atoms with E-state index in [9.17, 15) is 4.79 Å². The minimum absolute atomic E-state index is 0.214. The van der Waals surface area contributed by atoms with Crippen molar-refractivity contribution in [1.29, 1.82) is 0 Å². The number of aromatic nitrogens is 3. The van der Waals surface area contributed by atoms with E-state index in [0.29, 0.717) is 44.9 Å². The zero-order valence-corrected chi connectivity index (χ0v) is 19.6. The van der Waals surface area contributed by atoms with E-state index in [1.54, 1.807) is 6.07 Å². The van der Waals surface area contributed by atoms with Gasteiger partial charge in [-0.25, -0.2) is 0 Å². The van der Waals surface area contributed by atoms with Gasteiger partial charge in [-0.05, 0) is 49.2 Å². The number of ether oxygens (including phenoxy) is 2. The molecule has 2 aromatic heterocycles. The molecule has 0 aliphatic rings. The van der Waals surface area contributed by atoms with Crippen LogP contribution in [0.15, 0.2) is 47.3 Å². The summed E-state index contributed by atoms with van der Waals surface area (Å²) in [5.74, 6) is 1.83. The van der Waals surface area contributed by atoms with Gasteiger partial charge in [0.25, 0.3) is 5.56 Å². The third-order valence-electron chi connectivity index (χ3n) is 4.87. The summed E-state index contributed by atoms with van der Waals surface area (Å²) < 4.78 is 13.5. The predicted octanol–water partition coefficient (Wildman–Crippen LogP) is 4.99. The van der Waals surface area contributed by atoms with Crippen molar-refractivity contribution in [3.05, 3.63) is 67.9 Å². The van der Waals surface area contributed by atoms with E-state index in [4.69, 9.17) is 21.1 Å². The molecule has 2 aromatic carbocycles. The zero-order chi connectivity index (χ0) is 22.5. The average molecular weight is 470 g/mol. The number of fused-ring (bicyclic) bond motifs is 1. The van der Waals surface area contributed by atoms with Gasteiger partial charge < -0.3 is 9.47 Å². The summed E-state index contributed by atoms with van der Waals surface area (Å²) in [6, 6.07) is 13.0. The fraction of sp³-hybridized carbons (Fsp3) is 0.292. The number of unbranched alkanes of at least 4 members (excludes halogenated alkanes) is 2. The highest BCUT2D eigenvalue weighted by Crippen LogP contribution is 2.29. The second-order valence-corrected chi connectivity index (χ2v) is 8.64. The highest BCUT2D eigenvalue weighted by molar-refractivity contribution is 7.15. The van der Waals surface area contributed by atoms with Crippen molar-refractivity contribution in [2.75, 3.05) is 13.2 Å². The molecule has 2 heterocycles. The molecule has 0 amide bonds. The molecule has 4 rings (SSSR count). The smallest absolute Gasteiger partial charge is 0.291 e. The molecule has 0 saturated carbocycles. The summed E-state index contributed by atoms with van der Waals surface area (Å²) in [5, 5.41) is 4.92. The Bertz CT molecular complexity index is 1330. The Hall–Kier alpha value is -2.90. The van der Waals surface area contributed by atoms with Crippen molar-refractivity contribution < 1.29 is 9.47 Å². The van der Waals surface area contributed by atoms with Gasteiger partial charge in [0.15, 0.2) is 17.3 Å². The standard InChI is InChI=1S/C24H24ClN3O3S/c1-3-5-8-13-31-19-12-11-16(14-20(19)30-4-2)15-21-23(29)28-24(32-21)26-22(27-28)17-9-6-7-10-18(17)25/h6-7,9-12,14-15H,3-5,8,13H2,1-2H3. The van der Waals surface area contributed by atoms with Crippen molar-refractivity contribution in [1.82, 2.24) is 14.6 Å². The van der Waals surface area contributed by atoms with Crippen LogP contribution in [0.4, 0.5) is 0 Å². The third kappa shape index (κ3) is 4.79. The third-order valence-corrected chi connectivity index (χ3v) is 6.16. The molecule has 0 N–H and O–H groups in total. The monoisotopic (exact) mass is 469 g/mol. The first-order valence-electron chi connectivity index (χ1n) is 10.7. The van der Waals surface area contributed by atoms with Gasteiger partial charge in [-0.2, -0.15) is 9.50 Å². The van der Waals surface area contributed by atoms with Crippen molar-refractivity contribution in [3.8, 4) is 22.9 Å². The Morgan fingerprint density at radius 3 is 2.69 bits per heavy atom. The fourth-order valence-corrected chi connectivity index (χ4v) is 4.41. The van der Waals surface area contributed by atoms with Crippen LogP contribution in [-0.4, -0.2) is 27.8 Å². The minimum atomic E-state index is -0.214. The van der Waals surface area contributed by atoms with Gasteiger partial charge in [-0.15, -0.1) is 5.10 Å². The average Bonchev–Trinajstić information content (AvgIpc) is 3.32. The van der Waals surface area contributed by atoms with Crippen LogP contribution in [-0.2, 0) is 0 Å². The molecule has 0 atom stereocenters. The first kappa shape index (κ1) is 22.3. The molecule has 166 valence electrons. The maximum atomic E-state index is 12.9. The summed E-state index contributed by atoms with van der Waals surface area (Å²) in [6.45, 7) is 5.28. The number of hydrogen-bond acceptors (Lipinski definition) is 6. The molecule has 0 saturated heterocycles. The van der Waals surface area contributed by atoms with E-state index in [1.165, 1.54) is 15.9 Å². The molecule has 0 bridgehead atoms. The minimum Gasteiger partial charge on any atom is -0.490 e. The van der Waals surface area contributed by atoms with Gasteiger partial charge in [-0.1, -0.05) is 60.9 Å². The first-order chi connectivity index (χ1) is 15.6. The van der Waals surface area contributed by atoms with Gasteiger partial charge in [0.05, 0.1) is 22.8 Å². The molecule has 0 aliphatic carbocycles. The number of thiazole rings is 1. The lowest BCUT2D eigenvalue weighted by molar-refractivity contribution is 0.271. The lowest BCUT2D eigenvalue weighted by Gasteiger charge is -2.12. The summed E-state index contributed by atoms with van der Waals surface area (Å²) >= 11 is 7.53. The molecule has 0 unspecified atom stereocenters. The van der Waals surface area contributed by atoms with E-state index in [2.05, 4.69) is 17.0 Å². The molecular weight excluding hydrogens is 446 g/mol. The van der Waals surface area contributed by atoms with Crippen molar-refractivity contribution in [3.63, 3.8) is 0 Å². The number of rotatable bonds is 9. The maximum Gasteiger partial charge on any atom is 0.291 e. The molecule has 0 radical (unpaired) electrons. The Morgan fingerprint density at radius 1 is 1.09 bits per heavy atom. The van der Waals surface area contributed by atoms with Crippen LogP contribution >= 0.6 is 22.9 Å². The number of halogens is 1. The molecule has 32 heavy (non-hydrogen) atoms. The van der Waals surface area contributed by atoms with Crippen LogP contribution in [0.1, 0.15) is 38.7 Å². The molecule has 6 nitrogen and oxygen atoms in total. The van der Waals surface area contributed by atoms with Crippen LogP contribution < -0.4 is 19.6 Å². The zero-order valence-electron chi connectivity index (χ0n) is 18.0. The summed E-state index contributed by atoms with van der Waals surface area (Å²) in [7, 11) is 0. The van der Waals surface area contributed by atoms with E-state index in [0.717, 1.165) is 30.6 Å².